The van der Waals surface area contributed by atoms with Crippen LogP contribution in [0.15, 0.2) is 48.8 Å². The number of anilines is 1. The van der Waals surface area contributed by atoms with Gasteiger partial charge in [-0.25, -0.2) is 14.5 Å². The Bertz CT molecular complexity index is 1110. The van der Waals surface area contributed by atoms with E-state index < -0.39 is 29.3 Å². The molecule has 2 aromatic heterocycles. The van der Waals surface area contributed by atoms with Crippen molar-refractivity contribution in [2.75, 3.05) is 18.5 Å². The number of benzene rings is 1. The summed E-state index contributed by atoms with van der Waals surface area (Å²) in [6, 6.07) is 8.50. The summed E-state index contributed by atoms with van der Waals surface area (Å²) in [4.78, 5) is 28.5. The zero-order valence-electron chi connectivity index (χ0n) is 17.1. The number of pyridine rings is 1. The van der Waals surface area contributed by atoms with Crippen LogP contribution >= 0.6 is 0 Å². The normalized spacial score (nSPS) is 11.2. The smallest absolute Gasteiger partial charge is 0.434 e. The number of hydrogen-bond acceptors (Lipinski definition) is 6. The number of esters is 1. The van der Waals surface area contributed by atoms with Gasteiger partial charge in [-0.15, -0.1) is 0 Å². The van der Waals surface area contributed by atoms with Gasteiger partial charge in [0.05, 0.1) is 25.1 Å². The van der Waals surface area contributed by atoms with Gasteiger partial charge in [0.2, 0.25) is 5.88 Å². The second kappa shape index (κ2) is 9.50. The third-order valence-electron chi connectivity index (χ3n) is 4.21. The minimum Gasteiger partial charge on any atom is -0.476 e. The number of nitrogens with one attached hydrogen (secondary N) is 1. The van der Waals surface area contributed by atoms with Gasteiger partial charge in [-0.05, 0) is 50.2 Å². The summed E-state index contributed by atoms with van der Waals surface area (Å²) in [7, 11) is 0. The number of nitrogens with zero attached hydrogens (tertiary/aromatic N) is 3. The van der Waals surface area contributed by atoms with Gasteiger partial charge in [-0.3, -0.25) is 4.79 Å². The van der Waals surface area contributed by atoms with Crippen LogP contribution in [0.1, 0.15) is 40.3 Å². The van der Waals surface area contributed by atoms with Crippen molar-refractivity contribution in [3.05, 3.63) is 65.6 Å². The summed E-state index contributed by atoms with van der Waals surface area (Å²) < 4.78 is 51.5. The lowest BCUT2D eigenvalue weighted by Crippen LogP contribution is -2.18. The lowest BCUT2D eigenvalue weighted by Gasteiger charge is -2.13. The first-order valence-corrected chi connectivity index (χ1v) is 9.58. The van der Waals surface area contributed by atoms with E-state index in [1.54, 1.807) is 19.1 Å². The molecule has 0 fully saturated rings. The van der Waals surface area contributed by atoms with Crippen LogP contribution in [0.3, 0.4) is 0 Å². The van der Waals surface area contributed by atoms with E-state index in [-0.39, 0.29) is 23.7 Å². The Kier molecular flexibility index (Phi) is 6.76. The highest BCUT2D eigenvalue weighted by Crippen LogP contribution is 2.34. The molecule has 2 heterocycles. The first-order valence-electron chi connectivity index (χ1n) is 9.58. The van der Waals surface area contributed by atoms with E-state index in [1.807, 2.05) is 0 Å². The molecule has 3 rings (SSSR count). The molecule has 1 amide bonds. The predicted octanol–water partition coefficient (Wildman–Crippen LogP) is 4.11. The second-order valence-electron chi connectivity index (χ2n) is 6.33. The van der Waals surface area contributed by atoms with Crippen LogP contribution in [-0.4, -0.2) is 39.9 Å². The SMILES string of the molecule is CCOC(=O)c1cnn(-c2ccc(C(=O)Nc3cccnc3OCC)cc2)c1C(F)(F)F. The Morgan fingerprint density at radius 3 is 2.44 bits per heavy atom. The van der Waals surface area contributed by atoms with Crippen molar-refractivity contribution in [1.82, 2.24) is 14.8 Å². The summed E-state index contributed by atoms with van der Waals surface area (Å²) in [6.45, 7) is 3.54. The van der Waals surface area contributed by atoms with E-state index in [0.717, 1.165) is 6.20 Å². The lowest BCUT2D eigenvalue weighted by molar-refractivity contribution is -0.143. The van der Waals surface area contributed by atoms with Gasteiger partial charge in [0.1, 0.15) is 11.3 Å². The van der Waals surface area contributed by atoms with Crippen LogP contribution in [0.25, 0.3) is 5.69 Å². The van der Waals surface area contributed by atoms with Gasteiger partial charge in [-0.2, -0.15) is 18.3 Å². The van der Waals surface area contributed by atoms with E-state index in [0.29, 0.717) is 17.0 Å². The highest BCUT2D eigenvalue weighted by atomic mass is 19.4. The van der Waals surface area contributed by atoms with E-state index in [2.05, 4.69) is 20.1 Å². The average Bonchev–Trinajstić information content (AvgIpc) is 3.22. The van der Waals surface area contributed by atoms with Gasteiger partial charge in [0.15, 0.2) is 5.69 Å². The predicted molar refractivity (Wildman–Crippen MR) is 108 cm³/mol. The molecule has 0 atom stereocenters. The molecule has 0 saturated carbocycles. The van der Waals surface area contributed by atoms with E-state index >= 15 is 0 Å². The van der Waals surface area contributed by atoms with Crippen LogP contribution in [0, 0.1) is 0 Å². The van der Waals surface area contributed by atoms with Crippen molar-refractivity contribution in [2.45, 2.75) is 20.0 Å². The largest absolute Gasteiger partial charge is 0.476 e. The van der Waals surface area contributed by atoms with Gasteiger partial charge in [0.25, 0.3) is 5.91 Å². The summed E-state index contributed by atoms with van der Waals surface area (Å²) in [5.41, 5.74) is -1.40. The Labute approximate surface area is 181 Å². The molecule has 11 heteroatoms. The third-order valence-corrected chi connectivity index (χ3v) is 4.21. The molecular formula is C21H19F3N4O4. The van der Waals surface area contributed by atoms with Crippen molar-refractivity contribution in [2.24, 2.45) is 0 Å². The monoisotopic (exact) mass is 448 g/mol. The van der Waals surface area contributed by atoms with E-state index in [9.17, 15) is 22.8 Å². The molecule has 0 aliphatic carbocycles. The topological polar surface area (TPSA) is 95.3 Å². The number of amides is 1. The molecule has 8 nitrogen and oxygen atoms in total. The average molecular weight is 448 g/mol. The molecule has 0 bridgehead atoms. The number of halogens is 3. The first-order chi connectivity index (χ1) is 15.3. The Morgan fingerprint density at radius 1 is 1.09 bits per heavy atom. The van der Waals surface area contributed by atoms with Crippen molar-refractivity contribution < 1.29 is 32.2 Å². The third kappa shape index (κ3) is 4.88. The Balaban J connectivity index is 1.88. The minimum absolute atomic E-state index is 0.0146. The standard InChI is InChI=1S/C21H19F3N4O4/c1-3-31-19-16(6-5-11-25-19)27-18(29)13-7-9-14(10-8-13)28-17(21(22,23)24)15(12-26-28)20(30)32-4-2/h5-12H,3-4H2,1-2H3,(H,27,29). The van der Waals surface area contributed by atoms with Crippen LogP contribution < -0.4 is 10.1 Å². The molecule has 0 spiro atoms. The molecule has 0 aliphatic rings. The number of alkyl halides is 3. The number of ether oxygens (including phenoxy) is 2. The number of hydrogen-bond donors (Lipinski definition) is 1. The van der Waals surface area contributed by atoms with Gasteiger partial charge < -0.3 is 14.8 Å². The summed E-state index contributed by atoms with van der Waals surface area (Å²) >= 11 is 0. The maximum Gasteiger partial charge on any atom is 0.434 e. The maximum absolute atomic E-state index is 13.6. The molecule has 0 radical (unpaired) electrons. The van der Waals surface area contributed by atoms with E-state index in [1.165, 1.54) is 37.4 Å². The fourth-order valence-corrected chi connectivity index (χ4v) is 2.86. The van der Waals surface area contributed by atoms with Crippen molar-refractivity contribution in [3.8, 4) is 11.6 Å². The van der Waals surface area contributed by atoms with Gasteiger partial charge in [-0.1, -0.05) is 0 Å². The van der Waals surface area contributed by atoms with Crippen LogP contribution in [0.5, 0.6) is 5.88 Å². The summed E-state index contributed by atoms with van der Waals surface area (Å²) in [5.74, 6) is -1.38. The molecular weight excluding hydrogens is 429 g/mol. The molecule has 1 aromatic carbocycles. The second-order valence-corrected chi connectivity index (χ2v) is 6.33. The number of rotatable bonds is 7. The zero-order chi connectivity index (χ0) is 23.3. The molecule has 0 aliphatic heterocycles. The highest BCUT2D eigenvalue weighted by Gasteiger charge is 2.41. The highest BCUT2D eigenvalue weighted by molar-refractivity contribution is 6.05. The van der Waals surface area contributed by atoms with Crippen LogP contribution in [0.2, 0.25) is 0 Å². The van der Waals surface area contributed by atoms with Crippen molar-refractivity contribution in [1.29, 1.82) is 0 Å². The number of carbonyl (C=O) groups is 2. The first kappa shape index (κ1) is 22.8. The van der Waals surface area contributed by atoms with Crippen LogP contribution in [-0.2, 0) is 10.9 Å². The van der Waals surface area contributed by atoms with Crippen molar-refractivity contribution >= 4 is 17.6 Å². The maximum atomic E-state index is 13.6. The zero-order valence-corrected chi connectivity index (χ0v) is 17.1. The molecule has 0 saturated heterocycles. The number of carbonyl (C=O) groups excluding carboxylic acids is 2. The lowest BCUT2D eigenvalue weighted by atomic mass is 10.1. The van der Waals surface area contributed by atoms with E-state index in [4.69, 9.17) is 4.74 Å². The minimum atomic E-state index is -4.86. The fraction of sp³-hybridized carbons (Fsp3) is 0.238. The summed E-state index contributed by atoms with van der Waals surface area (Å²) in [5, 5.41) is 6.35. The Hall–Kier alpha value is -3.89. The molecule has 0 unspecified atom stereocenters. The number of aromatic nitrogens is 3. The molecule has 32 heavy (non-hydrogen) atoms. The van der Waals surface area contributed by atoms with Crippen LogP contribution in [0.4, 0.5) is 18.9 Å². The summed E-state index contributed by atoms with van der Waals surface area (Å²) in [6.07, 6.45) is -2.54. The fourth-order valence-electron chi connectivity index (χ4n) is 2.86. The molecule has 1 N–H and O–H groups in total. The molecule has 3 aromatic rings. The Morgan fingerprint density at radius 2 is 1.81 bits per heavy atom. The van der Waals surface area contributed by atoms with Gasteiger partial charge in [0, 0.05) is 11.8 Å². The van der Waals surface area contributed by atoms with Crippen molar-refractivity contribution in [3.63, 3.8) is 0 Å². The van der Waals surface area contributed by atoms with Gasteiger partial charge >= 0.3 is 12.1 Å². The molecule has 168 valence electrons. The quantitative estimate of drug-likeness (QED) is 0.547.